The third-order valence-corrected chi connectivity index (χ3v) is 3.71. The van der Waals surface area contributed by atoms with E-state index < -0.39 is 5.54 Å². The van der Waals surface area contributed by atoms with Crippen molar-refractivity contribution >= 4 is 16.9 Å². The molecule has 0 aliphatic rings. The third kappa shape index (κ3) is 2.49. The molecule has 1 atom stereocenters. The molecule has 0 aromatic carbocycles. The van der Waals surface area contributed by atoms with Gasteiger partial charge in [-0.05, 0) is 31.5 Å². The van der Waals surface area contributed by atoms with Gasteiger partial charge in [-0.25, -0.2) is 15.0 Å². The van der Waals surface area contributed by atoms with Crippen LogP contribution in [0.2, 0.25) is 0 Å². The van der Waals surface area contributed by atoms with Gasteiger partial charge in [-0.2, -0.15) is 5.26 Å². The summed E-state index contributed by atoms with van der Waals surface area (Å²) in [6.07, 6.45) is 5.94. The summed E-state index contributed by atoms with van der Waals surface area (Å²) >= 11 is 0. The molecule has 0 radical (unpaired) electrons. The van der Waals surface area contributed by atoms with Gasteiger partial charge in [0.15, 0.2) is 5.82 Å². The van der Waals surface area contributed by atoms with Gasteiger partial charge in [-0.3, -0.25) is 0 Å². The number of nitrogens with one attached hydrogen (secondary N) is 2. The largest absolute Gasteiger partial charge is 0.352 e. The van der Waals surface area contributed by atoms with E-state index >= 15 is 0 Å². The maximum Gasteiger partial charge on any atom is 0.162 e. The van der Waals surface area contributed by atoms with Crippen molar-refractivity contribution in [2.24, 2.45) is 0 Å². The summed E-state index contributed by atoms with van der Waals surface area (Å²) in [5.41, 5.74) is 1.06. The number of pyridine rings is 1. The fraction of sp³-hybridized carbons (Fsp3) is 0.250. The van der Waals surface area contributed by atoms with Gasteiger partial charge in [-0.15, -0.1) is 0 Å². The van der Waals surface area contributed by atoms with Crippen molar-refractivity contribution in [3.05, 3.63) is 36.8 Å². The molecule has 0 aliphatic heterocycles. The van der Waals surface area contributed by atoms with Crippen LogP contribution in [0.4, 0.5) is 5.82 Å². The van der Waals surface area contributed by atoms with E-state index in [1.165, 1.54) is 0 Å². The minimum atomic E-state index is -0.646. The van der Waals surface area contributed by atoms with Crippen molar-refractivity contribution in [1.82, 2.24) is 19.9 Å². The number of anilines is 1. The van der Waals surface area contributed by atoms with E-state index in [-0.39, 0.29) is 0 Å². The summed E-state index contributed by atoms with van der Waals surface area (Å²) in [4.78, 5) is 16.2. The van der Waals surface area contributed by atoms with Crippen molar-refractivity contribution in [2.75, 3.05) is 5.32 Å². The molecule has 3 heterocycles. The Bertz CT molecular complexity index is 847. The smallest absolute Gasteiger partial charge is 0.162 e. The second-order valence-electron chi connectivity index (χ2n) is 5.29. The van der Waals surface area contributed by atoms with Gasteiger partial charge in [0.2, 0.25) is 0 Å². The quantitative estimate of drug-likeness (QED) is 0.771. The lowest BCUT2D eigenvalue weighted by atomic mass is 10.0. The maximum absolute atomic E-state index is 9.28. The van der Waals surface area contributed by atoms with Gasteiger partial charge < -0.3 is 10.3 Å². The predicted octanol–water partition coefficient (Wildman–Crippen LogP) is 3.12. The second kappa shape index (κ2) is 5.45. The lowest BCUT2D eigenvalue weighted by Gasteiger charge is -2.21. The molecule has 0 saturated carbocycles. The number of nitrogens with zero attached hydrogens (tertiary/aromatic N) is 4. The highest BCUT2D eigenvalue weighted by Crippen LogP contribution is 2.25. The van der Waals surface area contributed by atoms with Gasteiger partial charge >= 0.3 is 0 Å². The zero-order valence-corrected chi connectivity index (χ0v) is 12.5. The summed E-state index contributed by atoms with van der Waals surface area (Å²) in [5, 5.41) is 13.4. The lowest BCUT2D eigenvalue weighted by Crippen LogP contribution is -2.32. The number of rotatable bonds is 4. The molecule has 0 unspecified atom stereocenters. The predicted molar refractivity (Wildman–Crippen MR) is 85.1 cm³/mol. The van der Waals surface area contributed by atoms with Gasteiger partial charge in [0.05, 0.1) is 6.07 Å². The van der Waals surface area contributed by atoms with Crippen LogP contribution in [0.5, 0.6) is 0 Å². The first-order chi connectivity index (χ1) is 10.6. The monoisotopic (exact) mass is 292 g/mol. The Kier molecular flexibility index (Phi) is 3.47. The van der Waals surface area contributed by atoms with Gasteiger partial charge in [0.25, 0.3) is 0 Å². The van der Waals surface area contributed by atoms with Gasteiger partial charge in [0, 0.05) is 29.5 Å². The van der Waals surface area contributed by atoms with E-state index in [0.717, 1.165) is 16.6 Å². The first-order valence-corrected chi connectivity index (χ1v) is 7.10. The van der Waals surface area contributed by atoms with Crippen LogP contribution in [0.1, 0.15) is 20.3 Å². The molecule has 3 aromatic rings. The van der Waals surface area contributed by atoms with Crippen LogP contribution in [0.15, 0.2) is 36.8 Å². The van der Waals surface area contributed by atoms with Crippen molar-refractivity contribution in [1.29, 1.82) is 5.26 Å². The van der Waals surface area contributed by atoms with Crippen LogP contribution in [-0.2, 0) is 0 Å². The summed E-state index contributed by atoms with van der Waals surface area (Å²) in [7, 11) is 0. The third-order valence-electron chi connectivity index (χ3n) is 3.71. The average molecular weight is 292 g/mol. The fourth-order valence-electron chi connectivity index (χ4n) is 2.19. The topological polar surface area (TPSA) is 90.3 Å². The van der Waals surface area contributed by atoms with Crippen LogP contribution >= 0.6 is 0 Å². The summed E-state index contributed by atoms with van der Waals surface area (Å²) in [5.74, 6) is 1.24. The van der Waals surface area contributed by atoms with Crippen LogP contribution in [0.3, 0.4) is 0 Å². The highest BCUT2D eigenvalue weighted by atomic mass is 15.1. The van der Waals surface area contributed by atoms with Crippen molar-refractivity contribution < 1.29 is 0 Å². The molecule has 110 valence electrons. The molecule has 0 saturated heterocycles. The SMILES string of the molecule is CC[C@](C)(C#N)Nc1ccnc(-c2ccnc3[nH]ccc23)n1. The maximum atomic E-state index is 9.28. The van der Waals surface area contributed by atoms with Gasteiger partial charge in [-0.1, -0.05) is 6.92 Å². The average Bonchev–Trinajstić information content (AvgIpc) is 3.03. The highest BCUT2D eigenvalue weighted by Gasteiger charge is 2.21. The molecule has 6 heteroatoms. The van der Waals surface area contributed by atoms with Crippen LogP contribution < -0.4 is 5.32 Å². The molecule has 0 fully saturated rings. The Morgan fingerprint density at radius 1 is 1.27 bits per heavy atom. The Balaban J connectivity index is 2.02. The van der Waals surface area contributed by atoms with Crippen molar-refractivity contribution in [3.8, 4) is 17.5 Å². The van der Waals surface area contributed by atoms with E-state index in [1.54, 1.807) is 18.5 Å². The number of aromatic amines is 1. The first kappa shape index (κ1) is 14.0. The molecule has 6 nitrogen and oxygen atoms in total. The van der Waals surface area contributed by atoms with E-state index in [2.05, 4.69) is 31.3 Å². The van der Waals surface area contributed by atoms with Crippen LogP contribution in [-0.4, -0.2) is 25.5 Å². The normalized spacial score (nSPS) is 13.5. The van der Waals surface area contributed by atoms with Crippen molar-refractivity contribution in [2.45, 2.75) is 25.8 Å². The Morgan fingerprint density at radius 3 is 2.86 bits per heavy atom. The molecular weight excluding hydrogens is 276 g/mol. The second-order valence-corrected chi connectivity index (χ2v) is 5.29. The van der Waals surface area contributed by atoms with E-state index in [9.17, 15) is 5.26 Å². The molecule has 0 amide bonds. The lowest BCUT2D eigenvalue weighted by molar-refractivity contribution is 0.623. The number of H-pyrrole nitrogens is 1. The van der Waals surface area contributed by atoms with E-state index in [4.69, 9.17) is 0 Å². The zero-order chi connectivity index (χ0) is 15.6. The number of nitriles is 1. The summed E-state index contributed by atoms with van der Waals surface area (Å²) in [6.45, 7) is 3.82. The number of hydrogen-bond donors (Lipinski definition) is 2. The van der Waals surface area contributed by atoms with Gasteiger partial charge in [0.1, 0.15) is 17.0 Å². The van der Waals surface area contributed by atoms with Crippen molar-refractivity contribution in [3.63, 3.8) is 0 Å². The number of fused-ring (bicyclic) bond motifs is 1. The molecule has 3 aromatic heterocycles. The minimum absolute atomic E-state index is 0.605. The summed E-state index contributed by atoms with van der Waals surface area (Å²) < 4.78 is 0. The molecule has 0 aliphatic carbocycles. The number of hydrogen-bond acceptors (Lipinski definition) is 5. The molecule has 3 rings (SSSR count). The zero-order valence-electron chi connectivity index (χ0n) is 12.5. The highest BCUT2D eigenvalue weighted by molar-refractivity contribution is 5.90. The number of aromatic nitrogens is 4. The van der Waals surface area contributed by atoms with E-state index in [0.29, 0.717) is 18.1 Å². The Morgan fingerprint density at radius 2 is 2.09 bits per heavy atom. The molecular formula is C16H16N6. The Labute approximate surface area is 128 Å². The molecule has 0 bridgehead atoms. The first-order valence-electron chi connectivity index (χ1n) is 7.10. The van der Waals surface area contributed by atoms with E-state index in [1.807, 2.05) is 32.2 Å². The summed E-state index contributed by atoms with van der Waals surface area (Å²) in [6, 6.07) is 7.88. The molecule has 22 heavy (non-hydrogen) atoms. The minimum Gasteiger partial charge on any atom is -0.352 e. The fourth-order valence-corrected chi connectivity index (χ4v) is 2.19. The standard InChI is InChI=1S/C16H16N6/c1-3-16(2,10-17)22-13-6-9-20-15(21-13)12-5-8-19-14-11(12)4-7-18-14/h4-9H,3H2,1-2H3,(H,18,19)(H,20,21,22)/t16-/m1/s1. The van der Waals surface area contributed by atoms with Crippen LogP contribution in [0.25, 0.3) is 22.4 Å². The Hall–Kier alpha value is -2.94. The molecule has 0 spiro atoms. The molecule has 2 N–H and O–H groups in total. The van der Waals surface area contributed by atoms with Crippen LogP contribution in [0, 0.1) is 11.3 Å².